The highest BCUT2D eigenvalue weighted by Gasteiger charge is 2.41. The van der Waals surface area contributed by atoms with Crippen molar-refractivity contribution in [2.45, 2.75) is 76.8 Å². The first-order valence-electron chi connectivity index (χ1n) is 8.25. The zero-order chi connectivity index (χ0) is 15.5. The van der Waals surface area contributed by atoms with E-state index in [0.717, 1.165) is 38.5 Å². The molecule has 0 saturated heterocycles. The van der Waals surface area contributed by atoms with E-state index in [1.165, 1.54) is 0 Å². The van der Waals surface area contributed by atoms with Gasteiger partial charge < -0.3 is 15.7 Å². The Hall–Kier alpha value is -1.26. The number of rotatable bonds is 3. The molecule has 2 rings (SSSR count). The van der Waals surface area contributed by atoms with Crippen LogP contribution in [0.15, 0.2) is 0 Å². The molecule has 0 aromatic heterocycles. The van der Waals surface area contributed by atoms with Gasteiger partial charge in [0.05, 0.1) is 0 Å². The molecule has 3 N–H and O–H groups in total. The Morgan fingerprint density at radius 3 is 2.33 bits per heavy atom. The van der Waals surface area contributed by atoms with E-state index in [-0.39, 0.29) is 12.1 Å². The van der Waals surface area contributed by atoms with Gasteiger partial charge in [-0.2, -0.15) is 0 Å². The summed E-state index contributed by atoms with van der Waals surface area (Å²) in [5.41, 5.74) is -1.06. The van der Waals surface area contributed by atoms with Crippen molar-refractivity contribution in [3.8, 4) is 0 Å². The number of nitrogens with one attached hydrogen (secondary N) is 2. The lowest BCUT2D eigenvalue weighted by Gasteiger charge is -2.37. The SMILES string of the molecule is CC1CCC(NC(=O)NC2(C(=O)O)CCCCC2)C(C)C1. The third kappa shape index (κ3) is 3.89. The monoisotopic (exact) mass is 296 g/mol. The first-order valence-corrected chi connectivity index (χ1v) is 8.25. The number of carboxylic acids is 1. The molecular formula is C16H28N2O3. The summed E-state index contributed by atoms with van der Waals surface area (Å²) in [5, 5.41) is 15.3. The van der Waals surface area contributed by atoms with Crippen LogP contribution in [0.5, 0.6) is 0 Å². The van der Waals surface area contributed by atoms with Gasteiger partial charge in [0.2, 0.25) is 0 Å². The van der Waals surface area contributed by atoms with Gasteiger partial charge in [0.25, 0.3) is 0 Å². The lowest BCUT2D eigenvalue weighted by Crippen LogP contribution is -2.59. The standard InChI is InChI=1S/C16H28N2O3/c1-11-6-7-13(12(2)10-11)17-15(21)18-16(14(19)20)8-4-3-5-9-16/h11-13H,3-10H2,1-2H3,(H,19,20)(H2,17,18,21). The van der Waals surface area contributed by atoms with Crippen LogP contribution >= 0.6 is 0 Å². The minimum atomic E-state index is -1.06. The van der Waals surface area contributed by atoms with E-state index in [0.29, 0.717) is 24.7 Å². The van der Waals surface area contributed by atoms with Crippen LogP contribution in [-0.4, -0.2) is 28.7 Å². The number of amides is 2. The van der Waals surface area contributed by atoms with Crippen LogP contribution in [0.1, 0.15) is 65.2 Å². The molecule has 120 valence electrons. The molecule has 2 saturated carbocycles. The van der Waals surface area contributed by atoms with Crippen molar-refractivity contribution < 1.29 is 14.7 Å². The van der Waals surface area contributed by atoms with E-state index >= 15 is 0 Å². The number of urea groups is 1. The van der Waals surface area contributed by atoms with Gasteiger partial charge in [-0.1, -0.05) is 33.1 Å². The van der Waals surface area contributed by atoms with Gasteiger partial charge in [-0.3, -0.25) is 0 Å². The van der Waals surface area contributed by atoms with Crippen molar-refractivity contribution in [1.82, 2.24) is 10.6 Å². The Balaban J connectivity index is 1.92. The molecule has 0 heterocycles. The van der Waals surface area contributed by atoms with E-state index < -0.39 is 11.5 Å². The average Bonchev–Trinajstić information content (AvgIpc) is 2.43. The van der Waals surface area contributed by atoms with Gasteiger partial charge in [-0.25, -0.2) is 9.59 Å². The minimum Gasteiger partial charge on any atom is -0.480 e. The van der Waals surface area contributed by atoms with Crippen molar-refractivity contribution in [3.05, 3.63) is 0 Å². The molecule has 2 aliphatic rings. The molecule has 0 spiro atoms. The zero-order valence-corrected chi connectivity index (χ0v) is 13.2. The highest BCUT2D eigenvalue weighted by Crippen LogP contribution is 2.30. The summed E-state index contributed by atoms with van der Waals surface area (Å²) in [6.45, 7) is 4.41. The van der Waals surface area contributed by atoms with Gasteiger partial charge in [-0.15, -0.1) is 0 Å². The van der Waals surface area contributed by atoms with E-state index in [4.69, 9.17) is 0 Å². The number of hydrogen-bond acceptors (Lipinski definition) is 2. The predicted molar refractivity (Wildman–Crippen MR) is 81.1 cm³/mol. The van der Waals surface area contributed by atoms with Crippen LogP contribution in [0, 0.1) is 11.8 Å². The molecule has 3 unspecified atom stereocenters. The van der Waals surface area contributed by atoms with Gasteiger partial charge >= 0.3 is 12.0 Å². The van der Waals surface area contributed by atoms with Gasteiger partial charge in [-0.05, 0) is 43.9 Å². The molecule has 3 atom stereocenters. The topological polar surface area (TPSA) is 78.4 Å². The fraction of sp³-hybridized carbons (Fsp3) is 0.875. The Bertz CT molecular complexity index is 391. The molecule has 0 aromatic rings. The van der Waals surface area contributed by atoms with Gasteiger partial charge in [0.15, 0.2) is 0 Å². The normalized spacial score (nSPS) is 32.2. The molecule has 21 heavy (non-hydrogen) atoms. The number of carbonyl (C=O) groups is 2. The Morgan fingerprint density at radius 2 is 1.76 bits per heavy atom. The Labute approximate surface area is 126 Å². The van der Waals surface area contributed by atoms with Crippen molar-refractivity contribution >= 4 is 12.0 Å². The fourth-order valence-electron chi connectivity index (χ4n) is 3.85. The number of hydrogen-bond donors (Lipinski definition) is 3. The van der Waals surface area contributed by atoms with E-state index in [1.54, 1.807) is 0 Å². The van der Waals surface area contributed by atoms with E-state index in [2.05, 4.69) is 24.5 Å². The molecule has 2 fully saturated rings. The van der Waals surface area contributed by atoms with Crippen molar-refractivity contribution in [3.63, 3.8) is 0 Å². The van der Waals surface area contributed by atoms with Crippen LogP contribution in [0.2, 0.25) is 0 Å². The largest absolute Gasteiger partial charge is 0.480 e. The predicted octanol–water partition coefficient (Wildman–Crippen LogP) is 2.90. The second kappa shape index (κ2) is 6.67. The van der Waals surface area contributed by atoms with Crippen LogP contribution in [-0.2, 0) is 4.79 Å². The second-order valence-electron chi connectivity index (χ2n) is 7.05. The summed E-state index contributed by atoms with van der Waals surface area (Å²) in [6.07, 6.45) is 7.08. The van der Waals surface area contributed by atoms with Crippen molar-refractivity contribution in [2.75, 3.05) is 0 Å². The first-order chi connectivity index (χ1) is 9.93. The molecule has 0 bridgehead atoms. The first kappa shape index (κ1) is 16.1. The number of carbonyl (C=O) groups excluding carboxylic acids is 1. The van der Waals surface area contributed by atoms with Crippen LogP contribution in [0.25, 0.3) is 0 Å². The number of carboxylic acid groups (broad SMARTS) is 1. The highest BCUT2D eigenvalue weighted by atomic mass is 16.4. The zero-order valence-electron chi connectivity index (χ0n) is 13.2. The summed E-state index contributed by atoms with van der Waals surface area (Å²) in [5.74, 6) is 0.263. The minimum absolute atomic E-state index is 0.163. The third-order valence-electron chi connectivity index (χ3n) is 5.22. The van der Waals surface area contributed by atoms with Gasteiger partial charge in [0.1, 0.15) is 5.54 Å². The average molecular weight is 296 g/mol. The summed E-state index contributed by atoms with van der Waals surface area (Å²) >= 11 is 0. The quantitative estimate of drug-likeness (QED) is 0.749. The molecule has 0 aliphatic heterocycles. The molecule has 0 radical (unpaired) electrons. The highest BCUT2D eigenvalue weighted by molar-refractivity contribution is 5.86. The van der Waals surface area contributed by atoms with Crippen LogP contribution < -0.4 is 10.6 Å². The lowest BCUT2D eigenvalue weighted by molar-refractivity contribution is -0.145. The van der Waals surface area contributed by atoms with Gasteiger partial charge in [0, 0.05) is 6.04 Å². The molecule has 5 nitrogen and oxygen atoms in total. The Kier molecular flexibility index (Phi) is 5.12. The fourth-order valence-corrected chi connectivity index (χ4v) is 3.85. The van der Waals surface area contributed by atoms with Crippen LogP contribution in [0.3, 0.4) is 0 Å². The third-order valence-corrected chi connectivity index (χ3v) is 5.22. The molecule has 2 amide bonds. The maximum Gasteiger partial charge on any atom is 0.329 e. The second-order valence-corrected chi connectivity index (χ2v) is 7.05. The molecular weight excluding hydrogens is 268 g/mol. The van der Waals surface area contributed by atoms with Crippen molar-refractivity contribution in [2.24, 2.45) is 11.8 Å². The summed E-state index contributed by atoms with van der Waals surface area (Å²) in [4.78, 5) is 23.8. The smallest absolute Gasteiger partial charge is 0.329 e. The maximum atomic E-state index is 12.2. The summed E-state index contributed by atoms with van der Waals surface area (Å²) in [7, 11) is 0. The molecule has 0 aromatic carbocycles. The maximum absolute atomic E-state index is 12.2. The van der Waals surface area contributed by atoms with Crippen molar-refractivity contribution in [1.29, 1.82) is 0 Å². The van der Waals surface area contributed by atoms with E-state index in [9.17, 15) is 14.7 Å². The summed E-state index contributed by atoms with van der Waals surface area (Å²) < 4.78 is 0. The lowest BCUT2D eigenvalue weighted by atomic mass is 9.80. The molecule has 5 heteroatoms. The summed E-state index contributed by atoms with van der Waals surface area (Å²) in [6, 6.07) is -0.152. The van der Waals surface area contributed by atoms with E-state index in [1.807, 2.05) is 0 Å². The Morgan fingerprint density at radius 1 is 1.10 bits per heavy atom. The van der Waals surface area contributed by atoms with Crippen LogP contribution in [0.4, 0.5) is 4.79 Å². The number of aliphatic carboxylic acids is 1. The molecule has 2 aliphatic carbocycles.